The van der Waals surface area contributed by atoms with Gasteiger partial charge in [-0.2, -0.15) is 0 Å². The number of hydrogen-bond acceptors (Lipinski definition) is 5. The zero-order valence-corrected chi connectivity index (χ0v) is 14.8. The number of hydrogen-bond donors (Lipinski definition) is 0. The monoisotopic (exact) mass is 345 g/mol. The van der Waals surface area contributed by atoms with E-state index in [9.17, 15) is 4.79 Å². The van der Waals surface area contributed by atoms with Gasteiger partial charge >= 0.3 is 0 Å². The Kier molecular flexibility index (Phi) is 4.39. The molecule has 1 saturated heterocycles. The first-order valence-electron chi connectivity index (χ1n) is 8.47. The van der Waals surface area contributed by atoms with Crippen LogP contribution in [0.2, 0.25) is 0 Å². The predicted molar refractivity (Wildman–Crippen MR) is 94.1 cm³/mol. The maximum atomic E-state index is 12.5. The fourth-order valence-electron chi connectivity index (χ4n) is 3.41. The highest BCUT2D eigenvalue weighted by molar-refractivity contribution is 7.12. The summed E-state index contributed by atoms with van der Waals surface area (Å²) in [7, 11) is 2.18. The number of carbonyl (C=O) groups excluding carboxylic acids is 1. The Morgan fingerprint density at radius 3 is 2.79 bits per heavy atom. The van der Waals surface area contributed by atoms with Crippen LogP contribution >= 0.6 is 11.3 Å². The molecule has 0 spiro atoms. The van der Waals surface area contributed by atoms with Gasteiger partial charge in [0.2, 0.25) is 0 Å². The van der Waals surface area contributed by atoms with Crippen LogP contribution in [-0.4, -0.2) is 69.9 Å². The largest absolute Gasteiger partial charge is 0.329 e. The molecule has 0 aliphatic carbocycles. The summed E-state index contributed by atoms with van der Waals surface area (Å²) in [5, 5.41) is 1.95. The van der Waals surface area contributed by atoms with Crippen LogP contribution in [-0.2, 0) is 19.6 Å². The van der Waals surface area contributed by atoms with Crippen LogP contribution in [0.3, 0.4) is 0 Å². The van der Waals surface area contributed by atoms with Gasteiger partial charge in [-0.3, -0.25) is 9.69 Å². The van der Waals surface area contributed by atoms with Crippen LogP contribution in [0.5, 0.6) is 0 Å². The number of nitrogens with zero attached hydrogens (tertiary/aromatic N) is 5. The molecule has 1 fully saturated rings. The fraction of sp³-hybridized carbons (Fsp3) is 0.529. The van der Waals surface area contributed by atoms with Crippen molar-refractivity contribution in [2.75, 3.05) is 39.8 Å². The van der Waals surface area contributed by atoms with Crippen molar-refractivity contribution in [3.8, 4) is 0 Å². The normalized spacial score (nSPS) is 19.5. The molecule has 0 N–H and O–H groups in total. The van der Waals surface area contributed by atoms with Crippen molar-refractivity contribution in [3.63, 3.8) is 0 Å². The lowest BCUT2D eigenvalue weighted by Crippen LogP contribution is -2.44. The van der Waals surface area contributed by atoms with Crippen molar-refractivity contribution < 1.29 is 4.79 Å². The lowest BCUT2D eigenvalue weighted by molar-refractivity contribution is 0.0709. The number of carbonyl (C=O) groups is 1. The molecule has 2 aliphatic heterocycles. The molecule has 7 heteroatoms. The van der Waals surface area contributed by atoms with E-state index in [0.717, 1.165) is 56.5 Å². The van der Waals surface area contributed by atoms with Crippen LogP contribution < -0.4 is 0 Å². The second-order valence-electron chi connectivity index (χ2n) is 6.60. The van der Waals surface area contributed by atoms with E-state index < -0.39 is 0 Å². The van der Waals surface area contributed by atoms with Gasteiger partial charge < -0.3 is 14.4 Å². The summed E-state index contributed by atoms with van der Waals surface area (Å²) in [6, 6.07) is 3.82. The summed E-state index contributed by atoms with van der Waals surface area (Å²) in [5.41, 5.74) is 1.28. The molecule has 4 heterocycles. The van der Waals surface area contributed by atoms with Crippen molar-refractivity contribution >= 4 is 17.2 Å². The average molecular weight is 345 g/mol. The molecule has 0 saturated carbocycles. The van der Waals surface area contributed by atoms with E-state index in [0.29, 0.717) is 6.54 Å². The van der Waals surface area contributed by atoms with Gasteiger partial charge in [-0.1, -0.05) is 6.07 Å². The van der Waals surface area contributed by atoms with Crippen molar-refractivity contribution in [1.82, 2.24) is 24.3 Å². The molecule has 4 rings (SSSR count). The molecule has 1 amide bonds. The first-order valence-corrected chi connectivity index (χ1v) is 9.35. The van der Waals surface area contributed by atoms with Gasteiger partial charge in [0.05, 0.1) is 17.1 Å². The van der Waals surface area contributed by atoms with Crippen LogP contribution in [0.4, 0.5) is 0 Å². The Morgan fingerprint density at radius 2 is 2.04 bits per heavy atom. The molecule has 0 atom stereocenters. The van der Waals surface area contributed by atoms with Crippen molar-refractivity contribution in [3.05, 3.63) is 40.1 Å². The third-order valence-corrected chi connectivity index (χ3v) is 5.81. The summed E-state index contributed by atoms with van der Waals surface area (Å²) < 4.78 is 2.30. The number of amides is 1. The minimum Gasteiger partial charge on any atom is -0.329 e. The quantitative estimate of drug-likeness (QED) is 0.842. The van der Waals surface area contributed by atoms with Crippen LogP contribution in [0.25, 0.3) is 0 Å². The molecule has 0 aromatic carbocycles. The predicted octanol–water partition coefficient (Wildman–Crippen LogP) is 1.35. The van der Waals surface area contributed by atoms with Gasteiger partial charge in [0, 0.05) is 52.0 Å². The Bertz CT molecular complexity index is 703. The second-order valence-corrected chi connectivity index (χ2v) is 7.55. The standard InChI is InChI=1S/C17H23N5OS/c1-19-4-6-20(7-5-19)12-14-11-18-16-13-21(8-9-22(14)16)17(23)15-3-2-10-24-15/h2-3,10-11H,4-9,12-13H2,1H3. The molecule has 2 aliphatic rings. The molecule has 128 valence electrons. The van der Waals surface area contributed by atoms with Crippen LogP contribution in [0.15, 0.2) is 23.7 Å². The zero-order chi connectivity index (χ0) is 16.5. The number of likely N-dealkylation sites (N-methyl/N-ethyl adjacent to an activating group) is 1. The highest BCUT2D eigenvalue weighted by Gasteiger charge is 2.25. The van der Waals surface area contributed by atoms with E-state index in [1.165, 1.54) is 17.0 Å². The molecule has 6 nitrogen and oxygen atoms in total. The first kappa shape index (κ1) is 15.8. The van der Waals surface area contributed by atoms with Crippen molar-refractivity contribution in [2.45, 2.75) is 19.6 Å². The SMILES string of the molecule is CN1CCN(Cc2cnc3n2CCN(C(=O)c2cccs2)C3)CC1. The molecule has 2 aromatic rings. The Hall–Kier alpha value is -1.70. The minimum absolute atomic E-state index is 0.125. The number of piperazine rings is 1. The topological polar surface area (TPSA) is 44.6 Å². The van der Waals surface area contributed by atoms with E-state index >= 15 is 0 Å². The van der Waals surface area contributed by atoms with Crippen molar-refractivity contribution in [1.29, 1.82) is 0 Å². The van der Waals surface area contributed by atoms with E-state index in [-0.39, 0.29) is 5.91 Å². The van der Waals surface area contributed by atoms with Gasteiger partial charge in [0.25, 0.3) is 5.91 Å². The van der Waals surface area contributed by atoms with E-state index in [2.05, 4.69) is 26.4 Å². The summed E-state index contributed by atoms with van der Waals surface area (Å²) >= 11 is 1.51. The fourth-order valence-corrected chi connectivity index (χ4v) is 4.10. The third kappa shape index (κ3) is 3.11. The van der Waals surface area contributed by atoms with Crippen LogP contribution in [0.1, 0.15) is 21.2 Å². The average Bonchev–Trinajstić information content (AvgIpc) is 3.26. The van der Waals surface area contributed by atoms with Gasteiger partial charge in [0.1, 0.15) is 5.82 Å². The molecular formula is C17H23N5OS. The second kappa shape index (κ2) is 6.66. The first-order chi connectivity index (χ1) is 11.7. The smallest absolute Gasteiger partial charge is 0.264 e. The molecule has 24 heavy (non-hydrogen) atoms. The Labute approximate surface area is 146 Å². The summed E-state index contributed by atoms with van der Waals surface area (Å²) in [6.07, 6.45) is 1.99. The maximum absolute atomic E-state index is 12.5. The molecule has 0 unspecified atom stereocenters. The van der Waals surface area contributed by atoms with Gasteiger partial charge in [-0.25, -0.2) is 4.98 Å². The van der Waals surface area contributed by atoms with E-state index in [4.69, 9.17) is 0 Å². The zero-order valence-electron chi connectivity index (χ0n) is 14.0. The maximum Gasteiger partial charge on any atom is 0.264 e. The summed E-state index contributed by atoms with van der Waals surface area (Å²) in [6.45, 7) is 7.65. The van der Waals surface area contributed by atoms with Gasteiger partial charge in [0.15, 0.2) is 0 Å². The van der Waals surface area contributed by atoms with Gasteiger partial charge in [-0.15, -0.1) is 11.3 Å². The lowest BCUT2D eigenvalue weighted by atomic mass is 10.3. The molecular weight excluding hydrogens is 322 g/mol. The van der Waals surface area contributed by atoms with E-state index in [1.54, 1.807) is 0 Å². The molecule has 2 aromatic heterocycles. The summed E-state index contributed by atoms with van der Waals surface area (Å²) in [5.74, 6) is 1.13. The number of fused-ring (bicyclic) bond motifs is 1. The van der Waals surface area contributed by atoms with Crippen molar-refractivity contribution in [2.24, 2.45) is 0 Å². The van der Waals surface area contributed by atoms with Crippen LogP contribution in [0, 0.1) is 0 Å². The highest BCUT2D eigenvalue weighted by Crippen LogP contribution is 2.20. The van der Waals surface area contributed by atoms with Gasteiger partial charge in [-0.05, 0) is 18.5 Å². The number of aromatic nitrogens is 2. The minimum atomic E-state index is 0.125. The number of rotatable bonds is 3. The number of imidazole rings is 1. The highest BCUT2D eigenvalue weighted by atomic mass is 32.1. The molecule has 0 bridgehead atoms. The lowest BCUT2D eigenvalue weighted by Gasteiger charge is -2.33. The number of thiophene rings is 1. The Morgan fingerprint density at radius 1 is 1.21 bits per heavy atom. The molecule has 0 radical (unpaired) electrons. The Balaban J connectivity index is 1.43. The van der Waals surface area contributed by atoms with E-state index in [1.807, 2.05) is 28.6 Å². The summed E-state index contributed by atoms with van der Waals surface area (Å²) in [4.78, 5) is 24.7. The third-order valence-electron chi connectivity index (χ3n) is 4.95.